The minimum Gasteiger partial charge on any atom is -0.396 e. The number of benzene rings is 1. The van der Waals surface area contributed by atoms with E-state index in [1.165, 1.54) is 5.56 Å². The smallest absolute Gasteiger partial charge is 0.191 e. The number of halogens is 1. The van der Waals surface area contributed by atoms with Crippen molar-refractivity contribution in [1.29, 1.82) is 0 Å². The quantitative estimate of drug-likeness (QED) is 0.187. The van der Waals surface area contributed by atoms with Crippen molar-refractivity contribution in [1.82, 2.24) is 10.6 Å². The minimum absolute atomic E-state index is 0. The van der Waals surface area contributed by atoms with E-state index in [0.29, 0.717) is 31.6 Å². The first kappa shape index (κ1) is 25.1. The van der Waals surface area contributed by atoms with Crippen LogP contribution in [0.15, 0.2) is 35.3 Å². The molecule has 0 aliphatic carbocycles. The van der Waals surface area contributed by atoms with Crippen LogP contribution >= 0.6 is 24.0 Å². The molecule has 0 radical (unpaired) electrons. The van der Waals surface area contributed by atoms with Crippen LogP contribution in [0.5, 0.6) is 0 Å². The number of hydrogen-bond acceptors (Lipinski definition) is 3. The van der Waals surface area contributed by atoms with E-state index < -0.39 is 0 Å². The molecule has 1 atom stereocenters. The average molecular weight is 477 g/mol. The van der Waals surface area contributed by atoms with Gasteiger partial charge in [0.1, 0.15) is 0 Å². The predicted octanol–water partition coefficient (Wildman–Crippen LogP) is 3.42. The second-order valence-corrected chi connectivity index (χ2v) is 6.69. The predicted molar refractivity (Wildman–Crippen MR) is 120 cm³/mol. The van der Waals surface area contributed by atoms with Crippen LogP contribution in [0.2, 0.25) is 0 Å². The molecule has 1 unspecified atom stereocenters. The maximum absolute atomic E-state index is 9.22. The van der Waals surface area contributed by atoms with Gasteiger partial charge in [-0.2, -0.15) is 0 Å². The summed E-state index contributed by atoms with van der Waals surface area (Å²) in [6, 6.07) is 10.2. The molecule has 0 saturated carbocycles. The van der Waals surface area contributed by atoms with Gasteiger partial charge in [-0.25, -0.2) is 0 Å². The molecular weight excluding hydrogens is 441 g/mol. The molecule has 0 heterocycles. The fourth-order valence-electron chi connectivity index (χ4n) is 2.70. The van der Waals surface area contributed by atoms with Crippen molar-refractivity contribution in [2.45, 2.75) is 40.2 Å². The zero-order valence-corrected chi connectivity index (χ0v) is 18.7. The highest BCUT2D eigenvalue weighted by atomic mass is 127. The SMILES string of the molecule is CCNC(=NCC(CCO)CC(C)C)NCCOCc1ccccc1.I. The van der Waals surface area contributed by atoms with Crippen LogP contribution in [0.25, 0.3) is 0 Å². The summed E-state index contributed by atoms with van der Waals surface area (Å²) >= 11 is 0. The first-order valence-corrected chi connectivity index (χ1v) is 9.40. The molecule has 3 N–H and O–H groups in total. The van der Waals surface area contributed by atoms with Gasteiger partial charge in [0.2, 0.25) is 0 Å². The number of aliphatic hydroxyl groups excluding tert-OH is 1. The van der Waals surface area contributed by atoms with Crippen LogP contribution in [0.4, 0.5) is 0 Å². The van der Waals surface area contributed by atoms with Crippen molar-refractivity contribution < 1.29 is 9.84 Å². The van der Waals surface area contributed by atoms with E-state index in [-0.39, 0.29) is 30.6 Å². The highest BCUT2D eigenvalue weighted by Gasteiger charge is 2.10. The number of guanidine groups is 1. The summed E-state index contributed by atoms with van der Waals surface area (Å²) in [5.74, 6) is 1.86. The van der Waals surface area contributed by atoms with Gasteiger partial charge >= 0.3 is 0 Å². The molecule has 0 aromatic heterocycles. The third kappa shape index (κ3) is 12.5. The molecule has 0 amide bonds. The van der Waals surface area contributed by atoms with Crippen molar-refractivity contribution in [3.8, 4) is 0 Å². The Morgan fingerprint density at radius 2 is 1.92 bits per heavy atom. The zero-order chi connectivity index (χ0) is 18.3. The molecular formula is C20H36IN3O2. The maximum atomic E-state index is 9.22. The fraction of sp³-hybridized carbons (Fsp3) is 0.650. The van der Waals surface area contributed by atoms with E-state index in [1.807, 2.05) is 18.2 Å². The Kier molecular flexibility index (Phi) is 15.8. The number of hydrogen-bond donors (Lipinski definition) is 3. The summed E-state index contributed by atoms with van der Waals surface area (Å²) in [7, 11) is 0. The van der Waals surface area contributed by atoms with Gasteiger partial charge in [0.25, 0.3) is 0 Å². The molecule has 26 heavy (non-hydrogen) atoms. The number of rotatable bonds is 12. The first-order valence-electron chi connectivity index (χ1n) is 9.40. The Hall–Kier alpha value is -0.860. The van der Waals surface area contributed by atoms with E-state index in [1.54, 1.807) is 0 Å². The van der Waals surface area contributed by atoms with Gasteiger partial charge in [0.15, 0.2) is 5.96 Å². The van der Waals surface area contributed by atoms with Crippen molar-refractivity contribution in [2.75, 3.05) is 32.8 Å². The fourth-order valence-corrected chi connectivity index (χ4v) is 2.70. The Labute approximate surface area is 176 Å². The lowest BCUT2D eigenvalue weighted by molar-refractivity contribution is 0.125. The van der Waals surface area contributed by atoms with E-state index in [4.69, 9.17) is 4.74 Å². The lowest BCUT2D eigenvalue weighted by Crippen LogP contribution is -2.39. The largest absolute Gasteiger partial charge is 0.396 e. The Morgan fingerprint density at radius 3 is 2.54 bits per heavy atom. The highest BCUT2D eigenvalue weighted by molar-refractivity contribution is 14.0. The third-order valence-electron chi connectivity index (χ3n) is 3.84. The van der Waals surface area contributed by atoms with Crippen molar-refractivity contribution in [3.05, 3.63) is 35.9 Å². The summed E-state index contributed by atoms with van der Waals surface area (Å²) in [5, 5.41) is 15.8. The summed E-state index contributed by atoms with van der Waals surface area (Å²) < 4.78 is 5.69. The van der Waals surface area contributed by atoms with Gasteiger partial charge in [0.05, 0.1) is 13.2 Å². The molecule has 6 heteroatoms. The van der Waals surface area contributed by atoms with Crippen LogP contribution in [-0.2, 0) is 11.3 Å². The molecule has 5 nitrogen and oxygen atoms in total. The van der Waals surface area contributed by atoms with Crippen LogP contribution in [-0.4, -0.2) is 43.9 Å². The molecule has 1 aromatic rings. The summed E-state index contributed by atoms with van der Waals surface area (Å²) in [4.78, 5) is 4.67. The molecule has 0 fully saturated rings. The number of nitrogens with one attached hydrogen (secondary N) is 2. The van der Waals surface area contributed by atoms with Gasteiger partial charge < -0.3 is 20.5 Å². The van der Waals surface area contributed by atoms with Gasteiger partial charge in [-0.05, 0) is 37.2 Å². The highest BCUT2D eigenvalue weighted by Crippen LogP contribution is 2.15. The monoisotopic (exact) mass is 477 g/mol. The second kappa shape index (κ2) is 16.3. The Bertz CT molecular complexity index is 469. The van der Waals surface area contributed by atoms with Gasteiger partial charge in [-0.3, -0.25) is 4.99 Å². The molecule has 1 aromatic carbocycles. The van der Waals surface area contributed by atoms with Gasteiger partial charge in [-0.1, -0.05) is 44.2 Å². The summed E-state index contributed by atoms with van der Waals surface area (Å²) in [5.41, 5.74) is 1.18. The number of nitrogens with zero attached hydrogens (tertiary/aromatic N) is 1. The van der Waals surface area contributed by atoms with E-state index in [9.17, 15) is 5.11 Å². The van der Waals surface area contributed by atoms with E-state index >= 15 is 0 Å². The van der Waals surface area contributed by atoms with Crippen molar-refractivity contribution in [2.24, 2.45) is 16.8 Å². The van der Waals surface area contributed by atoms with Crippen molar-refractivity contribution >= 4 is 29.9 Å². The lowest BCUT2D eigenvalue weighted by atomic mass is 9.94. The van der Waals surface area contributed by atoms with Crippen LogP contribution in [0, 0.1) is 11.8 Å². The number of ether oxygens (including phenoxy) is 1. The normalized spacial score (nSPS) is 12.6. The summed E-state index contributed by atoms with van der Waals surface area (Å²) in [6.45, 7) is 10.2. The van der Waals surface area contributed by atoms with Crippen LogP contribution < -0.4 is 10.6 Å². The number of aliphatic imine (C=N–C) groups is 1. The zero-order valence-electron chi connectivity index (χ0n) is 16.4. The molecule has 0 bridgehead atoms. The minimum atomic E-state index is 0. The molecule has 150 valence electrons. The Morgan fingerprint density at radius 1 is 1.19 bits per heavy atom. The van der Waals surface area contributed by atoms with E-state index in [2.05, 4.69) is 48.5 Å². The molecule has 0 aliphatic heterocycles. The molecule has 0 saturated heterocycles. The van der Waals surface area contributed by atoms with Crippen molar-refractivity contribution in [3.63, 3.8) is 0 Å². The molecule has 0 aliphatic rings. The average Bonchev–Trinajstić information content (AvgIpc) is 2.59. The van der Waals surface area contributed by atoms with Gasteiger partial charge in [0, 0.05) is 26.2 Å². The van der Waals surface area contributed by atoms with Crippen LogP contribution in [0.3, 0.4) is 0 Å². The topological polar surface area (TPSA) is 65.9 Å². The van der Waals surface area contributed by atoms with Crippen LogP contribution in [0.1, 0.15) is 39.2 Å². The second-order valence-electron chi connectivity index (χ2n) is 6.69. The number of aliphatic hydroxyl groups is 1. The lowest BCUT2D eigenvalue weighted by Gasteiger charge is -2.17. The maximum Gasteiger partial charge on any atom is 0.191 e. The molecule has 1 rings (SSSR count). The molecule has 0 spiro atoms. The Balaban J connectivity index is 0.00000625. The summed E-state index contributed by atoms with van der Waals surface area (Å²) in [6.07, 6.45) is 1.89. The first-order chi connectivity index (χ1) is 12.2. The van der Waals surface area contributed by atoms with E-state index in [0.717, 1.165) is 31.9 Å². The standard InChI is InChI=1S/C20H35N3O2.HI/c1-4-21-20(23-15-19(10-12-24)14-17(2)3)22-11-13-25-16-18-8-6-5-7-9-18;/h5-9,17,19,24H,4,10-16H2,1-3H3,(H2,21,22,23);1H. The van der Waals surface area contributed by atoms with Gasteiger partial charge in [-0.15, -0.1) is 24.0 Å². The third-order valence-corrected chi connectivity index (χ3v) is 3.84.